The largest absolute Gasteiger partial charge is 0.504 e. The van der Waals surface area contributed by atoms with E-state index in [0.29, 0.717) is 6.04 Å². The van der Waals surface area contributed by atoms with Crippen LogP contribution in [0.4, 0.5) is 0 Å². The van der Waals surface area contributed by atoms with Crippen LogP contribution in [0.5, 0.6) is 0 Å². The molecule has 0 fully saturated rings. The summed E-state index contributed by atoms with van der Waals surface area (Å²) in [5, 5.41) is 0. The SMILES string of the molecule is C=CC[Si](OC)(OC)OCCCCCCCCCCCCCC. The smallest absolute Gasteiger partial charge is 0.377 e. The van der Waals surface area contributed by atoms with Crippen molar-refractivity contribution in [2.24, 2.45) is 0 Å². The fourth-order valence-electron chi connectivity index (χ4n) is 2.77. The quantitative estimate of drug-likeness (QED) is 0.170. The Morgan fingerprint density at radius 1 is 0.739 bits per heavy atom. The molecule has 0 saturated carbocycles. The second-order valence-electron chi connectivity index (χ2n) is 6.32. The van der Waals surface area contributed by atoms with Crippen LogP contribution in [-0.4, -0.2) is 29.6 Å². The minimum atomic E-state index is -2.46. The highest BCUT2D eigenvalue weighted by Gasteiger charge is 2.37. The molecule has 0 atom stereocenters. The van der Waals surface area contributed by atoms with E-state index in [-0.39, 0.29) is 0 Å². The molecule has 23 heavy (non-hydrogen) atoms. The van der Waals surface area contributed by atoms with Gasteiger partial charge >= 0.3 is 8.80 Å². The lowest BCUT2D eigenvalue weighted by Gasteiger charge is -2.25. The van der Waals surface area contributed by atoms with Crippen LogP contribution in [0.3, 0.4) is 0 Å². The molecule has 0 N–H and O–H groups in total. The zero-order chi connectivity index (χ0) is 17.2. The van der Waals surface area contributed by atoms with Gasteiger partial charge < -0.3 is 13.3 Å². The van der Waals surface area contributed by atoms with Crippen LogP contribution in [0.1, 0.15) is 84.0 Å². The lowest BCUT2D eigenvalue weighted by Crippen LogP contribution is -2.43. The minimum absolute atomic E-state index is 0.679. The van der Waals surface area contributed by atoms with Crippen molar-refractivity contribution in [3.05, 3.63) is 12.7 Å². The molecule has 0 heterocycles. The van der Waals surface area contributed by atoms with Crippen LogP contribution in [0.2, 0.25) is 6.04 Å². The van der Waals surface area contributed by atoms with E-state index >= 15 is 0 Å². The molecular weight excluding hydrogens is 304 g/mol. The number of hydrogen-bond donors (Lipinski definition) is 0. The van der Waals surface area contributed by atoms with E-state index < -0.39 is 8.80 Å². The first-order valence-corrected chi connectivity index (χ1v) is 11.5. The van der Waals surface area contributed by atoms with Crippen molar-refractivity contribution in [3.63, 3.8) is 0 Å². The van der Waals surface area contributed by atoms with Crippen molar-refractivity contribution < 1.29 is 13.3 Å². The summed E-state index contributed by atoms with van der Waals surface area (Å²) in [6, 6.07) is 0.679. The minimum Gasteiger partial charge on any atom is -0.377 e. The Morgan fingerprint density at radius 3 is 1.57 bits per heavy atom. The summed E-state index contributed by atoms with van der Waals surface area (Å²) >= 11 is 0. The Hall–Kier alpha value is -0.163. The van der Waals surface area contributed by atoms with Gasteiger partial charge in [-0.3, -0.25) is 0 Å². The second kappa shape index (κ2) is 16.7. The van der Waals surface area contributed by atoms with Crippen LogP contribution in [0.15, 0.2) is 12.7 Å². The molecular formula is C19H40O3Si. The molecule has 0 radical (unpaired) electrons. The first-order valence-electron chi connectivity index (χ1n) is 9.59. The van der Waals surface area contributed by atoms with Gasteiger partial charge in [0.2, 0.25) is 0 Å². The van der Waals surface area contributed by atoms with Gasteiger partial charge in [-0.1, -0.05) is 83.6 Å². The van der Waals surface area contributed by atoms with Gasteiger partial charge in [-0.05, 0) is 6.42 Å². The highest BCUT2D eigenvalue weighted by molar-refractivity contribution is 6.61. The van der Waals surface area contributed by atoms with E-state index in [0.717, 1.165) is 13.0 Å². The molecule has 0 bridgehead atoms. The molecule has 4 heteroatoms. The molecule has 0 aliphatic rings. The predicted octanol–water partition coefficient (Wildman–Crippen LogP) is 6.12. The summed E-state index contributed by atoms with van der Waals surface area (Å²) in [7, 11) is 0.875. The number of unbranched alkanes of at least 4 members (excludes halogenated alkanes) is 11. The summed E-state index contributed by atoms with van der Waals surface area (Å²) in [6.07, 6.45) is 18.1. The van der Waals surface area contributed by atoms with Crippen molar-refractivity contribution in [3.8, 4) is 0 Å². The summed E-state index contributed by atoms with van der Waals surface area (Å²) in [4.78, 5) is 0. The maximum atomic E-state index is 5.88. The van der Waals surface area contributed by atoms with Gasteiger partial charge in [-0.2, -0.15) is 0 Å². The lowest BCUT2D eigenvalue weighted by atomic mass is 10.1. The topological polar surface area (TPSA) is 27.7 Å². The van der Waals surface area contributed by atoms with E-state index in [1.165, 1.54) is 70.6 Å². The van der Waals surface area contributed by atoms with Crippen molar-refractivity contribution in [1.82, 2.24) is 0 Å². The Labute approximate surface area is 146 Å². The Balaban J connectivity index is 3.37. The van der Waals surface area contributed by atoms with Gasteiger partial charge in [0.05, 0.1) is 0 Å². The third kappa shape index (κ3) is 12.9. The van der Waals surface area contributed by atoms with E-state index in [9.17, 15) is 0 Å². The van der Waals surface area contributed by atoms with E-state index in [1.807, 2.05) is 6.08 Å². The summed E-state index contributed by atoms with van der Waals surface area (Å²) in [5.74, 6) is 0. The van der Waals surface area contributed by atoms with Gasteiger partial charge in [-0.15, -0.1) is 6.58 Å². The monoisotopic (exact) mass is 344 g/mol. The van der Waals surface area contributed by atoms with E-state index in [4.69, 9.17) is 13.3 Å². The Kier molecular flexibility index (Phi) is 16.6. The molecule has 138 valence electrons. The normalized spacial score (nSPS) is 11.8. The molecule has 0 unspecified atom stereocenters. The van der Waals surface area contributed by atoms with E-state index in [2.05, 4.69) is 13.5 Å². The molecule has 0 spiro atoms. The summed E-state index contributed by atoms with van der Waals surface area (Å²) in [6.45, 7) is 6.76. The summed E-state index contributed by atoms with van der Waals surface area (Å²) < 4.78 is 16.8. The van der Waals surface area contributed by atoms with Gasteiger partial charge in [0.25, 0.3) is 0 Å². The van der Waals surface area contributed by atoms with Crippen molar-refractivity contribution >= 4 is 8.80 Å². The van der Waals surface area contributed by atoms with Gasteiger partial charge in [-0.25, -0.2) is 0 Å². The highest BCUT2D eigenvalue weighted by Crippen LogP contribution is 2.16. The van der Waals surface area contributed by atoms with Crippen LogP contribution < -0.4 is 0 Å². The van der Waals surface area contributed by atoms with Gasteiger partial charge in [0, 0.05) is 26.9 Å². The zero-order valence-corrected chi connectivity index (χ0v) is 16.9. The number of hydrogen-bond acceptors (Lipinski definition) is 3. The standard InChI is InChI=1S/C19H40O3Si/c1-5-7-8-9-10-11-12-13-14-15-16-17-18-22-23(20-3,21-4)19-6-2/h6H,2,5,7-19H2,1,3-4H3. The van der Waals surface area contributed by atoms with Gasteiger partial charge in [0.1, 0.15) is 0 Å². The van der Waals surface area contributed by atoms with E-state index in [1.54, 1.807) is 14.2 Å². The molecule has 0 aliphatic heterocycles. The average molecular weight is 345 g/mol. The Morgan fingerprint density at radius 2 is 1.17 bits per heavy atom. The maximum absolute atomic E-state index is 5.88. The molecule has 0 aromatic heterocycles. The molecule has 3 nitrogen and oxygen atoms in total. The van der Waals surface area contributed by atoms with Crippen molar-refractivity contribution in [2.45, 2.75) is 90.0 Å². The van der Waals surface area contributed by atoms with Crippen LogP contribution in [-0.2, 0) is 13.3 Å². The first kappa shape index (κ1) is 22.8. The predicted molar refractivity (Wildman–Crippen MR) is 102 cm³/mol. The molecule has 0 rings (SSSR count). The third-order valence-corrected chi connectivity index (χ3v) is 7.01. The number of allylic oxidation sites excluding steroid dienone is 1. The zero-order valence-electron chi connectivity index (χ0n) is 15.9. The van der Waals surface area contributed by atoms with Crippen LogP contribution in [0, 0.1) is 0 Å². The average Bonchev–Trinajstić information content (AvgIpc) is 2.58. The molecule has 0 saturated heterocycles. The van der Waals surface area contributed by atoms with Crippen LogP contribution in [0.25, 0.3) is 0 Å². The van der Waals surface area contributed by atoms with Crippen molar-refractivity contribution in [2.75, 3.05) is 20.8 Å². The van der Waals surface area contributed by atoms with Gasteiger partial charge in [0.15, 0.2) is 0 Å². The first-order chi connectivity index (χ1) is 11.2. The summed E-state index contributed by atoms with van der Waals surface area (Å²) in [5.41, 5.74) is 0. The molecule has 0 aromatic rings. The Bertz CT molecular complexity index is 255. The molecule has 0 aromatic carbocycles. The second-order valence-corrected chi connectivity index (χ2v) is 9.20. The molecule has 0 aliphatic carbocycles. The van der Waals surface area contributed by atoms with Crippen molar-refractivity contribution in [1.29, 1.82) is 0 Å². The van der Waals surface area contributed by atoms with Crippen LogP contribution >= 0.6 is 0 Å². The third-order valence-electron chi connectivity index (χ3n) is 4.34. The maximum Gasteiger partial charge on any atom is 0.504 e. The highest BCUT2D eigenvalue weighted by atomic mass is 28.4. The lowest BCUT2D eigenvalue weighted by molar-refractivity contribution is 0.0994. The fourth-order valence-corrected chi connectivity index (χ4v) is 4.44. The molecule has 0 amide bonds. The fraction of sp³-hybridized carbons (Fsp3) is 0.895. The number of rotatable bonds is 18.